The second-order valence-corrected chi connectivity index (χ2v) is 3.52. The maximum atomic E-state index is 11.8. The summed E-state index contributed by atoms with van der Waals surface area (Å²) in [5.41, 5.74) is 1.86. The van der Waals surface area contributed by atoms with Gasteiger partial charge in [-0.2, -0.15) is 0 Å². The van der Waals surface area contributed by atoms with Crippen LogP contribution in [0.2, 0.25) is 0 Å². The molecule has 2 rings (SSSR count). The number of carbonyl (C=O) groups excluding carboxylic acids is 1. The smallest absolute Gasteiger partial charge is 0.257 e. The number of hydrogen-bond donors (Lipinski definition) is 0. The van der Waals surface area contributed by atoms with Crippen LogP contribution in [-0.4, -0.2) is 31.1 Å². The van der Waals surface area contributed by atoms with Gasteiger partial charge >= 0.3 is 0 Å². The lowest BCUT2D eigenvalue weighted by molar-refractivity contribution is 0.0783. The van der Waals surface area contributed by atoms with Crippen molar-refractivity contribution in [1.29, 1.82) is 0 Å². The monoisotopic (exact) mass is 220 g/mol. The van der Waals surface area contributed by atoms with E-state index in [2.05, 4.69) is 11.8 Å². The van der Waals surface area contributed by atoms with E-state index in [-0.39, 0.29) is 5.91 Å². The van der Waals surface area contributed by atoms with Gasteiger partial charge in [0.1, 0.15) is 0 Å². The van der Waals surface area contributed by atoms with Crippen molar-refractivity contribution in [2.24, 2.45) is 0 Å². The van der Waals surface area contributed by atoms with E-state index in [0.29, 0.717) is 6.67 Å². The van der Waals surface area contributed by atoms with Crippen LogP contribution in [0, 0.1) is 0 Å². The molecule has 0 saturated carbocycles. The van der Waals surface area contributed by atoms with Crippen molar-refractivity contribution in [2.75, 3.05) is 25.2 Å². The molecule has 0 unspecified atom stereocenters. The van der Waals surface area contributed by atoms with Crippen LogP contribution in [0.3, 0.4) is 0 Å². The van der Waals surface area contributed by atoms with E-state index in [1.165, 1.54) is 0 Å². The summed E-state index contributed by atoms with van der Waals surface area (Å²) in [5, 5.41) is 0. The molecule has 1 amide bonds. The fraction of sp³-hybridized carbons (Fsp3) is 0.462. The SMILES string of the molecule is CC.CCN1CN(C)C(=O)c2ccccc21. The van der Waals surface area contributed by atoms with Gasteiger partial charge in [0.05, 0.1) is 17.9 Å². The molecule has 0 N–H and O–H groups in total. The number of anilines is 1. The highest BCUT2D eigenvalue weighted by Gasteiger charge is 2.24. The molecule has 0 radical (unpaired) electrons. The van der Waals surface area contributed by atoms with Gasteiger partial charge in [-0.25, -0.2) is 0 Å². The molecule has 3 nitrogen and oxygen atoms in total. The second-order valence-electron chi connectivity index (χ2n) is 3.52. The topological polar surface area (TPSA) is 23.6 Å². The highest BCUT2D eigenvalue weighted by molar-refractivity contribution is 6.01. The summed E-state index contributed by atoms with van der Waals surface area (Å²) in [5.74, 6) is 0.116. The Kier molecular flexibility index (Phi) is 4.35. The molecule has 1 aliphatic rings. The lowest BCUT2D eigenvalue weighted by Gasteiger charge is -2.35. The lowest BCUT2D eigenvalue weighted by Crippen LogP contribution is -2.44. The molecule has 0 saturated heterocycles. The maximum absolute atomic E-state index is 11.8. The summed E-state index contributed by atoms with van der Waals surface area (Å²) < 4.78 is 0. The number of hydrogen-bond acceptors (Lipinski definition) is 2. The zero-order valence-corrected chi connectivity index (χ0v) is 10.5. The third-order valence-corrected chi connectivity index (χ3v) is 2.59. The Morgan fingerprint density at radius 3 is 2.50 bits per heavy atom. The standard InChI is InChI=1S/C11H14N2O.C2H6/c1-3-13-8-12(2)11(14)9-6-4-5-7-10(9)13;1-2/h4-7H,3,8H2,1-2H3;1-2H3. The van der Waals surface area contributed by atoms with Crippen LogP contribution in [0.1, 0.15) is 31.1 Å². The van der Waals surface area contributed by atoms with Gasteiger partial charge in [-0.3, -0.25) is 4.79 Å². The lowest BCUT2D eigenvalue weighted by atomic mass is 10.1. The normalized spacial score (nSPS) is 14.1. The Morgan fingerprint density at radius 1 is 1.25 bits per heavy atom. The van der Waals surface area contributed by atoms with E-state index in [1.807, 2.05) is 45.2 Å². The summed E-state index contributed by atoms with van der Waals surface area (Å²) in [4.78, 5) is 15.7. The zero-order valence-electron chi connectivity index (χ0n) is 10.5. The number of carbonyl (C=O) groups is 1. The molecule has 1 aromatic rings. The molecule has 1 heterocycles. The first-order valence-electron chi connectivity index (χ1n) is 5.83. The summed E-state index contributed by atoms with van der Waals surface area (Å²) in [6, 6.07) is 7.77. The van der Waals surface area contributed by atoms with Crippen molar-refractivity contribution >= 4 is 11.6 Å². The van der Waals surface area contributed by atoms with E-state index in [1.54, 1.807) is 4.90 Å². The van der Waals surface area contributed by atoms with Crippen LogP contribution in [0.15, 0.2) is 24.3 Å². The van der Waals surface area contributed by atoms with Crippen LogP contribution in [0.4, 0.5) is 5.69 Å². The summed E-state index contributed by atoms with van der Waals surface area (Å²) in [6.07, 6.45) is 0. The number of fused-ring (bicyclic) bond motifs is 1. The third kappa shape index (κ3) is 2.18. The number of para-hydroxylation sites is 1. The van der Waals surface area contributed by atoms with Gasteiger partial charge in [0, 0.05) is 13.6 Å². The molecule has 0 spiro atoms. The van der Waals surface area contributed by atoms with Gasteiger partial charge < -0.3 is 9.80 Å². The minimum Gasteiger partial charge on any atom is -0.353 e. The summed E-state index contributed by atoms with van der Waals surface area (Å²) in [6.45, 7) is 7.71. The molecule has 0 aromatic heterocycles. The predicted molar refractivity (Wildman–Crippen MR) is 67.8 cm³/mol. The highest BCUT2D eigenvalue weighted by atomic mass is 16.2. The average Bonchev–Trinajstić information content (AvgIpc) is 2.36. The van der Waals surface area contributed by atoms with Gasteiger partial charge in [0.2, 0.25) is 0 Å². The van der Waals surface area contributed by atoms with E-state index < -0.39 is 0 Å². The third-order valence-electron chi connectivity index (χ3n) is 2.59. The van der Waals surface area contributed by atoms with Crippen molar-refractivity contribution in [2.45, 2.75) is 20.8 Å². The van der Waals surface area contributed by atoms with Crippen molar-refractivity contribution in [1.82, 2.24) is 4.90 Å². The second kappa shape index (κ2) is 5.54. The first-order valence-corrected chi connectivity index (χ1v) is 5.83. The van der Waals surface area contributed by atoms with Crippen molar-refractivity contribution in [3.63, 3.8) is 0 Å². The highest BCUT2D eigenvalue weighted by Crippen LogP contribution is 2.25. The van der Waals surface area contributed by atoms with E-state index in [4.69, 9.17) is 0 Å². The largest absolute Gasteiger partial charge is 0.353 e. The molecular weight excluding hydrogens is 200 g/mol. The van der Waals surface area contributed by atoms with E-state index >= 15 is 0 Å². The van der Waals surface area contributed by atoms with Crippen molar-refractivity contribution in [3.8, 4) is 0 Å². The van der Waals surface area contributed by atoms with Crippen LogP contribution in [-0.2, 0) is 0 Å². The Hall–Kier alpha value is -1.51. The number of nitrogens with zero attached hydrogens (tertiary/aromatic N) is 2. The van der Waals surface area contributed by atoms with Crippen LogP contribution < -0.4 is 4.90 Å². The number of amides is 1. The molecule has 88 valence electrons. The Labute approximate surface area is 97.7 Å². The quantitative estimate of drug-likeness (QED) is 0.726. The van der Waals surface area contributed by atoms with E-state index in [9.17, 15) is 4.79 Å². The Bertz CT molecular complexity index is 363. The van der Waals surface area contributed by atoms with Gasteiger partial charge in [0.15, 0.2) is 0 Å². The van der Waals surface area contributed by atoms with Gasteiger partial charge in [-0.15, -0.1) is 0 Å². The molecule has 1 aliphatic heterocycles. The van der Waals surface area contributed by atoms with Crippen LogP contribution >= 0.6 is 0 Å². The van der Waals surface area contributed by atoms with Gasteiger partial charge in [-0.05, 0) is 19.1 Å². The first kappa shape index (κ1) is 12.6. The van der Waals surface area contributed by atoms with E-state index in [0.717, 1.165) is 17.8 Å². The number of rotatable bonds is 1. The average molecular weight is 220 g/mol. The molecule has 16 heavy (non-hydrogen) atoms. The maximum Gasteiger partial charge on any atom is 0.257 e. The Morgan fingerprint density at radius 2 is 1.88 bits per heavy atom. The molecule has 0 fully saturated rings. The summed E-state index contributed by atoms with van der Waals surface area (Å²) in [7, 11) is 1.83. The molecule has 3 heteroatoms. The fourth-order valence-electron chi connectivity index (χ4n) is 1.80. The zero-order chi connectivity index (χ0) is 12.1. The van der Waals surface area contributed by atoms with Crippen molar-refractivity contribution < 1.29 is 4.79 Å². The minimum atomic E-state index is 0.116. The Balaban J connectivity index is 0.000000606. The predicted octanol–water partition coefficient (Wildman–Crippen LogP) is 2.58. The molecule has 0 bridgehead atoms. The van der Waals surface area contributed by atoms with Crippen LogP contribution in [0.25, 0.3) is 0 Å². The molecule has 0 atom stereocenters. The fourth-order valence-corrected chi connectivity index (χ4v) is 1.80. The molecular formula is C13H20N2O. The first-order chi connectivity index (χ1) is 7.74. The van der Waals surface area contributed by atoms with Crippen molar-refractivity contribution in [3.05, 3.63) is 29.8 Å². The van der Waals surface area contributed by atoms with Gasteiger partial charge in [0.25, 0.3) is 5.91 Å². The van der Waals surface area contributed by atoms with Crippen LogP contribution in [0.5, 0.6) is 0 Å². The molecule has 0 aliphatic carbocycles. The number of benzene rings is 1. The minimum absolute atomic E-state index is 0.116. The molecule has 1 aromatic carbocycles. The van der Waals surface area contributed by atoms with Gasteiger partial charge in [-0.1, -0.05) is 26.0 Å². The summed E-state index contributed by atoms with van der Waals surface area (Å²) >= 11 is 0.